The van der Waals surface area contributed by atoms with Crippen molar-refractivity contribution in [2.24, 2.45) is 0 Å². The first-order valence-corrected chi connectivity index (χ1v) is 6.68. The summed E-state index contributed by atoms with van der Waals surface area (Å²) in [4.78, 5) is 0. The van der Waals surface area contributed by atoms with Gasteiger partial charge in [-0.1, -0.05) is 37.3 Å². The van der Waals surface area contributed by atoms with Crippen molar-refractivity contribution in [2.75, 3.05) is 6.54 Å². The molecule has 0 aliphatic rings. The number of hydrogen-bond acceptors (Lipinski definition) is 2. The molecule has 2 rings (SSSR count). The van der Waals surface area contributed by atoms with Crippen LogP contribution in [-0.2, 0) is 12.8 Å². The highest BCUT2D eigenvalue weighted by atomic mass is 16.3. The Labute approximate surface area is 109 Å². The van der Waals surface area contributed by atoms with Crippen molar-refractivity contribution in [2.45, 2.75) is 32.2 Å². The van der Waals surface area contributed by atoms with Crippen LogP contribution in [0, 0.1) is 0 Å². The minimum absolute atomic E-state index is 0.487. The molecule has 1 atom stereocenters. The number of likely N-dealkylation sites (N-methyl/N-ethyl adjacent to an activating group) is 1. The monoisotopic (exact) mass is 243 g/mol. The third-order valence-corrected chi connectivity index (χ3v) is 3.14. The van der Waals surface area contributed by atoms with E-state index < -0.39 is 0 Å². The Kier molecular flexibility index (Phi) is 5.03. The summed E-state index contributed by atoms with van der Waals surface area (Å²) in [5.41, 5.74) is 1.40. The van der Waals surface area contributed by atoms with Crippen molar-refractivity contribution in [3.05, 3.63) is 60.1 Å². The Hall–Kier alpha value is -1.54. The van der Waals surface area contributed by atoms with Gasteiger partial charge in [0.25, 0.3) is 0 Å². The summed E-state index contributed by atoms with van der Waals surface area (Å²) in [5, 5.41) is 3.53. The van der Waals surface area contributed by atoms with E-state index in [-0.39, 0.29) is 0 Å². The van der Waals surface area contributed by atoms with E-state index in [1.807, 2.05) is 12.1 Å². The highest BCUT2D eigenvalue weighted by Crippen LogP contribution is 2.10. The predicted octanol–water partition coefficient (Wildman–Crippen LogP) is 3.43. The lowest BCUT2D eigenvalue weighted by molar-refractivity contribution is 0.430. The quantitative estimate of drug-likeness (QED) is 0.806. The summed E-state index contributed by atoms with van der Waals surface area (Å²) in [6.45, 7) is 3.15. The predicted molar refractivity (Wildman–Crippen MR) is 74.6 cm³/mol. The third-order valence-electron chi connectivity index (χ3n) is 3.14. The van der Waals surface area contributed by atoms with Crippen LogP contribution in [0.5, 0.6) is 0 Å². The smallest absolute Gasteiger partial charge is 0.105 e. The summed E-state index contributed by atoms with van der Waals surface area (Å²) < 4.78 is 5.42. The average Bonchev–Trinajstić information content (AvgIpc) is 2.90. The fourth-order valence-corrected chi connectivity index (χ4v) is 2.22. The van der Waals surface area contributed by atoms with Gasteiger partial charge in [-0.15, -0.1) is 0 Å². The van der Waals surface area contributed by atoms with Gasteiger partial charge in [0, 0.05) is 12.5 Å². The molecule has 0 radical (unpaired) electrons. The van der Waals surface area contributed by atoms with E-state index >= 15 is 0 Å². The molecule has 2 nitrogen and oxygen atoms in total. The number of nitrogens with one attached hydrogen (secondary N) is 1. The van der Waals surface area contributed by atoms with Crippen molar-refractivity contribution in [1.29, 1.82) is 0 Å². The molecular formula is C16H21NO. The Morgan fingerprint density at radius 2 is 1.94 bits per heavy atom. The van der Waals surface area contributed by atoms with Gasteiger partial charge in [-0.3, -0.25) is 0 Å². The van der Waals surface area contributed by atoms with Crippen LogP contribution in [0.4, 0.5) is 0 Å². The van der Waals surface area contributed by atoms with Crippen molar-refractivity contribution in [1.82, 2.24) is 5.32 Å². The van der Waals surface area contributed by atoms with E-state index in [4.69, 9.17) is 4.42 Å². The van der Waals surface area contributed by atoms with Crippen LogP contribution in [-0.4, -0.2) is 12.6 Å². The van der Waals surface area contributed by atoms with Crippen molar-refractivity contribution < 1.29 is 4.42 Å². The average molecular weight is 243 g/mol. The maximum atomic E-state index is 5.42. The highest BCUT2D eigenvalue weighted by molar-refractivity contribution is 5.15. The number of benzene rings is 1. The lowest BCUT2D eigenvalue weighted by atomic mass is 10.0. The van der Waals surface area contributed by atoms with Gasteiger partial charge in [-0.25, -0.2) is 0 Å². The van der Waals surface area contributed by atoms with E-state index in [1.165, 1.54) is 5.56 Å². The minimum atomic E-state index is 0.487. The molecule has 0 saturated heterocycles. The molecule has 1 aromatic heterocycles. The molecular weight excluding hydrogens is 222 g/mol. The van der Waals surface area contributed by atoms with Crippen molar-refractivity contribution >= 4 is 0 Å². The normalized spacial score (nSPS) is 12.5. The number of rotatable bonds is 7. The molecule has 96 valence electrons. The van der Waals surface area contributed by atoms with Gasteiger partial charge in [-0.2, -0.15) is 0 Å². The van der Waals surface area contributed by atoms with Gasteiger partial charge >= 0.3 is 0 Å². The molecule has 0 aliphatic carbocycles. The van der Waals surface area contributed by atoms with Gasteiger partial charge in [-0.05, 0) is 37.1 Å². The third kappa shape index (κ3) is 4.04. The van der Waals surface area contributed by atoms with Crippen LogP contribution >= 0.6 is 0 Å². The van der Waals surface area contributed by atoms with Gasteiger partial charge < -0.3 is 9.73 Å². The second-order valence-corrected chi connectivity index (χ2v) is 4.56. The first kappa shape index (κ1) is 12.9. The topological polar surface area (TPSA) is 25.2 Å². The molecule has 1 unspecified atom stereocenters. The minimum Gasteiger partial charge on any atom is -0.469 e. The van der Waals surface area contributed by atoms with Crippen molar-refractivity contribution in [3.63, 3.8) is 0 Å². The molecule has 0 saturated carbocycles. The van der Waals surface area contributed by atoms with Crippen LogP contribution < -0.4 is 5.32 Å². The first-order valence-electron chi connectivity index (χ1n) is 6.68. The van der Waals surface area contributed by atoms with E-state index in [0.29, 0.717) is 6.04 Å². The summed E-state index contributed by atoms with van der Waals surface area (Å²) in [7, 11) is 0. The van der Waals surface area contributed by atoms with Gasteiger partial charge in [0.2, 0.25) is 0 Å². The van der Waals surface area contributed by atoms with Crippen LogP contribution in [0.1, 0.15) is 24.7 Å². The van der Waals surface area contributed by atoms with Crippen LogP contribution in [0.15, 0.2) is 53.1 Å². The second-order valence-electron chi connectivity index (χ2n) is 4.56. The zero-order chi connectivity index (χ0) is 12.6. The van der Waals surface area contributed by atoms with Crippen LogP contribution in [0.25, 0.3) is 0 Å². The molecule has 1 heterocycles. The van der Waals surface area contributed by atoms with Gasteiger partial charge in [0.05, 0.1) is 6.26 Å². The number of hydrogen-bond donors (Lipinski definition) is 1. The van der Waals surface area contributed by atoms with E-state index in [9.17, 15) is 0 Å². The van der Waals surface area contributed by atoms with Crippen LogP contribution in [0.2, 0.25) is 0 Å². The Morgan fingerprint density at radius 3 is 2.61 bits per heavy atom. The Bertz CT molecular complexity index is 422. The standard InChI is InChI=1S/C16H21NO/c1-2-17-15(13-16-9-6-12-18-16)11-10-14-7-4-3-5-8-14/h3-9,12,15,17H,2,10-11,13H2,1H3. The zero-order valence-electron chi connectivity index (χ0n) is 10.9. The Morgan fingerprint density at radius 1 is 1.11 bits per heavy atom. The molecule has 0 bridgehead atoms. The number of furan rings is 1. The first-order chi connectivity index (χ1) is 8.88. The zero-order valence-corrected chi connectivity index (χ0v) is 10.9. The summed E-state index contributed by atoms with van der Waals surface area (Å²) >= 11 is 0. The van der Waals surface area contributed by atoms with Gasteiger partial charge in [0.1, 0.15) is 5.76 Å². The van der Waals surface area contributed by atoms with Gasteiger partial charge in [0.15, 0.2) is 0 Å². The molecule has 2 aromatic rings. The molecule has 0 fully saturated rings. The number of aryl methyl sites for hydroxylation is 1. The fraction of sp³-hybridized carbons (Fsp3) is 0.375. The molecule has 0 amide bonds. The molecule has 0 spiro atoms. The van der Waals surface area contributed by atoms with Crippen molar-refractivity contribution in [3.8, 4) is 0 Å². The molecule has 1 N–H and O–H groups in total. The highest BCUT2D eigenvalue weighted by Gasteiger charge is 2.10. The molecule has 2 heteroatoms. The van der Waals surface area contributed by atoms with E-state index in [1.54, 1.807) is 6.26 Å². The maximum Gasteiger partial charge on any atom is 0.105 e. The van der Waals surface area contributed by atoms with E-state index in [0.717, 1.165) is 31.6 Å². The molecule has 1 aromatic carbocycles. The lowest BCUT2D eigenvalue weighted by Gasteiger charge is -2.16. The largest absolute Gasteiger partial charge is 0.469 e. The lowest BCUT2D eigenvalue weighted by Crippen LogP contribution is -2.31. The van der Waals surface area contributed by atoms with E-state index in [2.05, 4.69) is 42.6 Å². The molecule has 18 heavy (non-hydrogen) atoms. The second kappa shape index (κ2) is 7.02. The maximum absolute atomic E-state index is 5.42. The Balaban J connectivity index is 1.86. The fourth-order valence-electron chi connectivity index (χ4n) is 2.22. The SMILES string of the molecule is CCNC(CCc1ccccc1)Cc1ccco1. The summed E-state index contributed by atoms with van der Waals surface area (Å²) in [6.07, 6.45) is 4.96. The molecule has 0 aliphatic heterocycles. The van der Waals surface area contributed by atoms with Crippen LogP contribution in [0.3, 0.4) is 0 Å². The summed E-state index contributed by atoms with van der Waals surface area (Å²) in [6, 6.07) is 15.1. The summed E-state index contributed by atoms with van der Waals surface area (Å²) in [5.74, 6) is 1.06.